The van der Waals surface area contributed by atoms with Gasteiger partial charge in [0.15, 0.2) is 0 Å². The Hall–Kier alpha value is -1.10. The zero-order valence-corrected chi connectivity index (χ0v) is 10.3. The summed E-state index contributed by atoms with van der Waals surface area (Å²) in [5, 5.41) is 2.88. The molecule has 0 aromatic rings. The van der Waals surface area contributed by atoms with E-state index in [0.29, 0.717) is 13.2 Å². The van der Waals surface area contributed by atoms with Gasteiger partial charge in [0.2, 0.25) is 0 Å². The van der Waals surface area contributed by atoms with E-state index < -0.39 is 5.54 Å². The fourth-order valence-electron chi connectivity index (χ4n) is 2.71. The van der Waals surface area contributed by atoms with Gasteiger partial charge >= 0.3 is 6.03 Å². The maximum Gasteiger partial charge on any atom is 0.325 e. The van der Waals surface area contributed by atoms with Gasteiger partial charge in [-0.15, -0.1) is 0 Å². The van der Waals surface area contributed by atoms with Gasteiger partial charge in [-0.1, -0.05) is 12.8 Å². The number of nitrogens with one attached hydrogen (secondary N) is 1. The molecule has 0 unspecified atom stereocenters. The number of rotatable bonds is 5. The third-order valence-electron chi connectivity index (χ3n) is 3.68. The lowest BCUT2D eigenvalue weighted by Crippen LogP contribution is -2.44. The van der Waals surface area contributed by atoms with Gasteiger partial charge in [-0.2, -0.15) is 0 Å². The fourth-order valence-corrected chi connectivity index (χ4v) is 2.71. The van der Waals surface area contributed by atoms with Crippen molar-refractivity contribution in [2.24, 2.45) is 0 Å². The van der Waals surface area contributed by atoms with Crippen molar-refractivity contribution in [3.63, 3.8) is 0 Å². The van der Waals surface area contributed by atoms with Crippen LogP contribution in [0.15, 0.2) is 0 Å². The van der Waals surface area contributed by atoms with Gasteiger partial charge in [0.05, 0.1) is 0 Å². The molecule has 0 atom stereocenters. The second-order valence-electron chi connectivity index (χ2n) is 4.88. The first kappa shape index (κ1) is 12.4. The third-order valence-corrected chi connectivity index (χ3v) is 3.68. The molecule has 5 nitrogen and oxygen atoms in total. The molecule has 5 heteroatoms. The molecule has 3 amide bonds. The molecule has 0 radical (unpaired) electrons. The number of hydrogen-bond acceptors (Lipinski definition) is 3. The zero-order valence-electron chi connectivity index (χ0n) is 10.3. The van der Waals surface area contributed by atoms with Gasteiger partial charge in [0.25, 0.3) is 5.91 Å². The smallest absolute Gasteiger partial charge is 0.325 e. The molecule has 96 valence electrons. The van der Waals surface area contributed by atoms with E-state index in [9.17, 15) is 9.59 Å². The molecule has 0 bridgehead atoms. The number of amides is 3. The molecule has 0 aromatic carbocycles. The van der Waals surface area contributed by atoms with Crippen molar-refractivity contribution < 1.29 is 14.3 Å². The van der Waals surface area contributed by atoms with Crippen LogP contribution >= 0.6 is 0 Å². The summed E-state index contributed by atoms with van der Waals surface area (Å²) in [5.74, 6) is -0.0163. The molecule has 2 fully saturated rings. The molecule has 1 saturated carbocycles. The molecular formula is C12H20N2O3. The summed E-state index contributed by atoms with van der Waals surface area (Å²) in [6.45, 7) is 1.19. The summed E-state index contributed by atoms with van der Waals surface area (Å²) in [6, 6.07) is -0.214. The number of urea groups is 1. The number of methoxy groups -OCH3 is 1. The highest BCUT2D eigenvalue weighted by Gasteiger charge is 2.51. The number of ether oxygens (including phenoxy) is 1. The van der Waals surface area contributed by atoms with Crippen LogP contribution in [0.4, 0.5) is 4.79 Å². The van der Waals surface area contributed by atoms with E-state index in [4.69, 9.17) is 4.74 Å². The van der Waals surface area contributed by atoms with Crippen LogP contribution < -0.4 is 5.32 Å². The van der Waals surface area contributed by atoms with Gasteiger partial charge in [0.1, 0.15) is 5.54 Å². The van der Waals surface area contributed by atoms with Crippen LogP contribution in [-0.2, 0) is 9.53 Å². The first-order valence-corrected chi connectivity index (χ1v) is 6.33. The van der Waals surface area contributed by atoms with Gasteiger partial charge in [-0.05, 0) is 25.7 Å². The average Bonchev–Trinajstić information content (AvgIpc) is 2.85. The molecule has 1 N–H and O–H groups in total. The minimum atomic E-state index is -0.557. The van der Waals surface area contributed by atoms with Crippen LogP contribution in [0, 0.1) is 0 Å². The molecule has 1 spiro atoms. The fraction of sp³-hybridized carbons (Fsp3) is 0.833. The maximum atomic E-state index is 12.2. The van der Waals surface area contributed by atoms with Crippen molar-refractivity contribution >= 4 is 11.9 Å². The Bertz CT molecular complexity index is 311. The van der Waals surface area contributed by atoms with Crippen molar-refractivity contribution in [2.45, 2.75) is 44.1 Å². The molecular weight excluding hydrogens is 220 g/mol. The molecule has 1 saturated heterocycles. The van der Waals surface area contributed by atoms with Crippen LogP contribution in [0.25, 0.3) is 0 Å². The lowest BCUT2D eigenvalue weighted by molar-refractivity contribution is -0.131. The molecule has 1 aliphatic heterocycles. The lowest BCUT2D eigenvalue weighted by Gasteiger charge is -2.19. The minimum absolute atomic E-state index is 0.0163. The second-order valence-corrected chi connectivity index (χ2v) is 4.88. The summed E-state index contributed by atoms with van der Waals surface area (Å²) in [5.41, 5.74) is -0.557. The van der Waals surface area contributed by atoms with Gasteiger partial charge in [-0.3, -0.25) is 9.69 Å². The highest BCUT2D eigenvalue weighted by Crippen LogP contribution is 2.34. The Kier molecular flexibility index (Phi) is 3.66. The quantitative estimate of drug-likeness (QED) is 0.581. The highest BCUT2D eigenvalue weighted by molar-refractivity contribution is 6.07. The van der Waals surface area contributed by atoms with Crippen LogP contribution in [0.3, 0.4) is 0 Å². The van der Waals surface area contributed by atoms with Crippen molar-refractivity contribution in [1.29, 1.82) is 0 Å². The molecule has 17 heavy (non-hydrogen) atoms. The lowest BCUT2D eigenvalue weighted by atomic mass is 9.98. The van der Waals surface area contributed by atoms with E-state index in [1.54, 1.807) is 7.11 Å². The Morgan fingerprint density at radius 1 is 1.29 bits per heavy atom. The molecule has 1 heterocycles. The number of unbranched alkanes of at least 4 members (excludes halogenated alkanes) is 1. The molecule has 0 aromatic heterocycles. The minimum Gasteiger partial charge on any atom is -0.385 e. The largest absolute Gasteiger partial charge is 0.385 e. The van der Waals surface area contributed by atoms with E-state index in [-0.39, 0.29) is 11.9 Å². The summed E-state index contributed by atoms with van der Waals surface area (Å²) < 4.78 is 4.95. The second kappa shape index (κ2) is 5.04. The zero-order chi connectivity index (χ0) is 12.3. The van der Waals surface area contributed by atoms with Crippen molar-refractivity contribution in [3.8, 4) is 0 Å². The summed E-state index contributed by atoms with van der Waals surface area (Å²) >= 11 is 0. The summed E-state index contributed by atoms with van der Waals surface area (Å²) in [6.07, 6.45) is 5.34. The normalized spacial score (nSPS) is 22.5. The van der Waals surface area contributed by atoms with Crippen LogP contribution in [0.1, 0.15) is 38.5 Å². The number of hydrogen-bond donors (Lipinski definition) is 1. The van der Waals surface area contributed by atoms with E-state index in [1.165, 1.54) is 4.90 Å². The van der Waals surface area contributed by atoms with E-state index in [0.717, 1.165) is 38.5 Å². The van der Waals surface area contributed by atoms with Crippen LogP contribution in [0.5, 0.6) is 0 Å². The predicted octanol–water partition coefficient (Wildman–Crippen LogP) is 1.28. The van der Waals surface area contributed by atoms with Crippen molar-refractivity contribution in [3.05, 3.63) is 0 Å². The standard InChI is InChI=1S/C12H20N2O3/c1-17-9-5-4-8-14-10(15)12(13-11(14)16)6-2-3-7-12/h2-9H2,1H3,(H,13,16). The Morgan fingerprint density at radius 3 is 2.65 bits per heavy atom. The third kappa shape index (κ3) is 2.29. The molecule has 1 aliphatic carbocycles. The maximum absolute atomic E-state index is 12.2. The molecule has 2 aliphatic rings. The highest BCUT2D eigenvalue weighted by atomic mass is 16.5. The Balaban J connectivity index is 1.90. The average molecular weight is 240 g/mol. The summed E-state index contributed by atoms with van der Waals surface area (Å²) in [4.78, 5) is 25.4. The van der Waals surface area contributed by atoms with Gasteiger partial charge in [0, 0.05) is 20.3 Å². The first-order chi connectivity index (χ1) is 8.19. The SMILES string of the molecule is COCCCCN1C(=O)NC2(CCCC2)C1=O. The van der Waals surface area contributed by atoms with Crippen LogP contribution in [-0.4, -0.2) is 42.6 Å². The van der Waals surface area contributed by atoms with E-state index >= 15 is 0 Å². The first-order valence-electron chi connectivity index (χ1n) is 6.33. The Labute approximate surface area is 101 Å². The van der Waals surface area contributed by atoms with E-state index in [2.05, 4.69) is 5.32 Å². The number of nitrogens with zero attached hydrogens (tertiary/aromatic N) is 1. The predicted molar refractivity (Wildman–Crippen MR) is 62.6 cm³/mol. The van der Waals surface area contributed by atoms with E-state index in [1.807, 2.05) is 0 Å². The van der Waals surface area contributed by atoms with Gasteiger partial charge in [-0.25, -0.2) is 4.79 Å². The van der Waals surface area contributed by atoms with Gasteiger partial charge < -0.3 is 10.1 Å². The van der Waals surface area contributed by atoms with Crippen LogP contribution in [0.2, 0.25) is 0 Å². The number of carbonyl (C=O) groups is 2. The topological polar surface area (TPSA) is 58.6 Å². The monoisotopic (exact) mass is 240 g/mol. The van der Waals surface area contributed by atoms with Crippen molar-refractivity contribution in [1.82, 2.24) is 10.2 Å². The number of imide groups is 1. The summed E-state index contributed by atoms with van der Waals surface area (Å²) in [7, 11) is 1.65. The Morgan fingerprint density at radius 2 is 2.00 bits per heavy atom. The molecule has 2 rings (SSSR count). The number of carbonyl (C=O) groups excluding carboxylic acids is 2. The van der Waals surface area contributed by atoms with Crippen molar-refractivity contribution in [2.75, 3.05) is 20.3 Å².